The van der Waals surface area contributed by atoms with Crippen molar-refractivity contribution in [3.8, 4) is 0 Å². The maximum atomic E-state index is 13.2. The first-order chi connectivity index (χ1) is 6.66. The molecule has 1 amide bonds. The van der Waals surface area contributed by atoms with Crippen LogP contribution in [0.1, 0.15) is 24.3 Å². The smallest absolute Gasteiger partial charge is 0.409 e. The van der Waals surface area contributed by atoms with E-state index in [-0.39, 0.29) is 11.7 Å². The van der Waals surface area contributed by atoms with Gasteiger partial charge in [-0.15, -0.1) is 0 Å². The molecule has 1 aromatic rings. The standard InChI is InChI=1S/C10H10FNO2/c11-9-4-3-7(12-10(13)14)5-8(9)6-1-2-6/h3-6,12H,1-2H2,(H,13,14). The van der Waals surface area contributed by atoms with Gasteiger partial charge in [0.05, 0.1) is 0 Å². The minimum Gasteiger partial charge on any atom is -0.465 e. The van der Waals surface area contributed by atoms with Crippen LogP contribution < -0.4 is 5.32 Å². The maximum absolute atomic E-state index is 13.2. The second kappa shape index (κ2) is 3.29. The molecule has 0 aromatic heterocycles. The van der Waals surface area contributed by atoms with Gasteiger partial charge in [0.2, 0.25) is 0 Å². The highest BCUT2D eigenvalue weighted by atomic mass is 19.1. The van der Waals surface area contributed by atoms with Gasteiger partial charge in [0, 0.05) is 5.69 Å². The Kier molecular flexibility index (Phi) is 2.11. The first kappa shape index (κ1) is 8.99. The fourth-order valence-electron chi connectivity index (χ4n) is 1.45. The van der Waals surface area contributed by atoms with Gasteiger partial charge in [0.25, 0.3) is 0 Å². The lowest BCUT2D eigenvalue weighted by atomic mass is 10.1. The predicted molar refractivity (Wildman–Crippen MR) is 50.0 cm³/mol. The van der Waals surface area contributed by atoms with Crippen LogP contribution in [0.15, 0.2) is 18.2 Å². The van der Waals surface area contributed by atoms with Crippen molar-refractivity contribution in [2.24, 2.45) is 0 Å². The zero-order chi connectivity index (χ0) is 10.1. The summed E-state index contributed by atoms with van der Waals surface area (Å²) >= 11 is 0. The first-order valence-electron chi connectivity index (χ1n) is 4.46. The van der Waals surface area contributed by atoms with E-state index in [1.165, 1.54) is 12.1 Å². The van der Waals surface area contributed by atoms with E-state index in [0.717, 1.165) is 12.8 Å². The molecule has 0 aliphatic heterocycles. The van der Waals surface area contributed by atoms with Crippen molar-refractivity contribution >= 4 is 11.8 Å². The number of carbonyl (C=O) groups is 1. The number of hydrogen-bond acceptors (Lipinski definition) is 1. The normalized spacial score (nSPS) is 15.2. The summed E-state index contributed by atoms with van der Waals surface area (Å²) in [5.74, 6) is 0.0361. The van der Waals surface area contributed by atoms with E-state index in [9.17, 15) is 9.18 Å². The average molecular weight is 195 g/mol. The van der Waals surface area contributed by atoms with Crippen LogP contribution in [0.25, 0.3) is 0 Å². The number of hydrogen-bond donors (Lipinski definition) is 2. The fraction of sp³-hybridized carbons (Fsp3) is 0.300. The Hall–Kier alpha value is -1.58. The summed E-state index contributed by atoms with van der Waals surface area (Å²) in [5.41, 5.74) is 1.05. The lowest BCUT2D eigenvalue weighted by molar-refractivity contribution is 0.209. The predicted octanol–water partition coefficient (Wildman–Crippen LogP) is 2.79. The van der Waals surface area contributed by atoms with E-state index in [0.29, 0.717) is 11.3 Å². The van der Waals surface area contributed by atoms with Crippen molar-refractivity contribution < 1.29 is 14.3 Å². The Morgan fingerprint density at radius 1 is 1.50 bits per heavy atom. The third kappa shape index (κ3) is 1.84. The number of rotatable bonds is 2. The topological polar surface area (TPSA) is 49.3 Å². The van der Waals surface area contributed by atoms with Crippen LogP contribution in [0.3, 0.4) is 0 Å². The Labute approximate surface area is 80.6 Å². The van der Waals surface area contributed by atoms with Crippen LogP contribution in [-0.4, -0.2) is 11.2 Å². The minimum atomic E-state index is -1.13. The molecule has 1 fully saturated rings. The highest BCUT2D eigenvalue weighted by Crippen LogP contribution is 2.41. The molecular weight excluding hydrogens is 185 g/mol. The molecule has 0 spiro atoms. The monoisotopic (exact) mass is 195 g/mol. The molecule has 0 heterocycles. The lowest BCUT2D eigenvalue weighted by Crippen LogP contribution is -2.07. The van der Waals surface area contributed by atoms with E-state index in [2.05, 4.69) is 5.32 Å². The SMILES string of the molecule is O=C(O)Nc1ccc(F)c(C2CC2)c1. The van der Waals surface area contributed by atoms with Crippen LogP contribution in [0.5, 0.6) is 0 Å². The zero-order valence-corrected chi connectivity index (χ0v) is 7.46. The van der Waals surface area contributed by atoms with Gasteiger partial charge in [-0.2, -0.15) is 0 Å². The van der Waals surface area contributed by atoms with Crippen molar-refractivity contribution in [3.63, 3.8) is 0 Å². The van der Waals surface area contributed by atoms with Crippen LogP contribution in [0.4, 0.5) is 14.9 Å². The molecule has 1 saturated carbocycles. The summed E-state index contributed by atoms with van der Waals surface area (Å²) in [5, 5.41) is 10.7. The number of benzene rings is 1. The van der Waals surface area contributed by atoms with Crippen molar-refractivity contribution in [1.29, 1.82) is 0 Å². The van der Waals surface area contributed by atoms with Gasteiger partial charge in [-0.25, -0.2) is 9.18 Å². The second-order valence-electron chi connectivity index (χ2n) is 3.44. The Morgan fingerprint density at radius 3 is 2.79 bits per heavy atom. The van der Waals surface area contributed by atoms with Gasteiger partial charge >= 0.3 is 6.09 Å². The summed E-state index contributed by atoms with van der Waals surface area (Å²) < 4.78 is 13.2. The molecule has 74 valence electrons. The third-order valence-electron chi connectivity index (χ3n) is 2.26. The molecule has 3 nitrogen and oxygen atoms in total. The minimum absolute atomic E-state index is 0.247. The van der Waals surface area contributed by atoms with Crippen LogP contribution >= 0.6 is 0 Å². The summed E-state index contributed by atoms with van der Waals surface area (Å²) in [4.78, 5) is 10.3. The molecule has 2 N–H and O–H groups in total. The van der Waals surface area contributed by atoms with Crippen molar-refractivity contribution in [3.05, 3.63) is 29.6 Å². The highest BCUT2D eigenvalue weighted by Gasteiger charge is 2.26. The maximum Gasteiger partial charge on any atom is 0.409 e. The Balaban J connectivity index is 2.26. The molecule has 0 bridgehead atoms. The zero-order valence-electron chi connectivity index (χ0n) is 7.46. The van der Waals surface area contributed by atoms with E-state index < -0.39 is 6.09 Å². The molecule has 1 aromatic carbocycles. The Morgan fingerprint density at radius 2 is 2.21 bits per heavy atom. The summed E-state index contributed by atoms with van der Waals surface area (Å²) in [6, 6.07) is 4.30. The Bertz CT molecular complexity index is 374. The molecule has 0 saturated heterocycles. The van der Waals surface area contributed by atoms with Gasteiger partial charge in [-0.1, -0.05) is 0 Å². The van der Waals surface area contributed by atoms with Gasteiger partial charge in [-0.3, -0.25) is 5.32 Å². The molecule has 1 aliphatic rings. The van der Waals surface area contributed by atoms with Gasteiger partial charge in [0.15, 0.2) is 0 Å². The molecule has 14 heavy (non-hydrogen) atoms. The summed E-state index contributed by atoms with van der Waals surface area (Å²) in [7, 11) is 0. The van der Waals surface area contributed by atoms with Gasteiger partial charge in [0.1, 0.15) is 5.82 Å². The first-order valence-corrected chi connectivity index (χ1v) is 4.46. The number of carboxylic acid groups (broad SMARTS) is 1. The largest absolute Gasteiger partial charge is 0.465 e. The molecule has 4 heteroatoms. The summed E-state index contributed by atoms with van der Waals surface area (Å²) in [6.07, 6.45) is 0.860. The van der Waals surface area contributed by atoms with Gasteiger partial charge < -0.3 is 5.11 Å². The van der Waals surface area contributed by atoms with Crippen molar-refractivity contribution in [1.82, 2.24) is 0 Å². The third-order valence-corrected chi connectivity index (χ3v) is 2.26. The molecular formula is C10H10FNO2. The van der Waals surface area contributed by atoms with E-state index in [1.807, 2.05) is 0 Å². The van der Waals surface area contributed by atoms with Crippen molar-refractivity contribution in [2.45, 2.75) is 18.8 Å². The van der Waals surface area contributed by atoms with E-state index >= 15 is 0 Å². The molecule has 0 radical (unpaired) electrons. The summed E-state index contributed by atoms with van der Waals surface area (Å²) in [6.45, 7) is 0. The lowest BCUT2D eigenvalue weighted by Gasteiger charge is -2.04. The quantitative estimate of drug-likeness (QED) is 0.762. The van der Waals surface area contributed by atoms with Crippen molar-refractivity contribution in [2.75, 3.05) is 5.32 Å². The van der Waals surface area contributed by atoms with Crippen LogP contribution in [-0.2, 0) is 0 Å². The number of amides is 1. The number of anilines is 1. The van der Waals surface area contributed by atoms with E-state index in [1.54, 1.807) is 6.07 Å². The molecule has 1 aliphatic carbocycles. The number of halogens is 1. The van der Waals surface area contributed by atoms with E-state index in [4.69, 9.17) is 5.11 Å². The average Bonchev–Trinajstić information content (AvgIpc) is 2.90. The highest BCUT2D eigenvalue weighted by molar-refractivity contribution is 5.82. The fourth-order valence-corrected chi connectivity index (χ4v) is 1.45. The van der Waals surface area contributed by atoms with Gasteiger partial charge in [-0.05, 0) is 42.5 Å². The van der Waals surface area contributed by atoms with Crippen LogP contribution in [0.2, 0.25) is 0 Å². The second-order valence-corrected chi connectivity index (χ2v) is 3.44. The van der Waals surface area contributed by atoms with Crippen LogP contribution in [0, 0.1) is 5.82 Å². The molecule has 2 rings (SSSR count). The molecule has 0 unspecified atom stereocenters. The number of nitrogens with one attached hydrogen (secondary N) is 1. The molecule has 0 atom stereocenters.